The van der Waals surface area contributed by atoms with Crippen molar-refractivity contribution in [3.05, 3.63) is 71.5 Å². The van der Waals surface area contributed by atoms with Crippen LogP contribution in [0.2, 0.25) is 0 Å². The summed E-state index contributed by atoms with van der Waals surface area (Å²) < 4.78 is 12.1. The first-order chi connectivity index (χ1) is 11.7. The second kappa shape index (κ2) is 6.17. The zero-order chi connectivity index (χ0) is 16.5. The molecule has 2 aromatic carbocycles. The molecule has 0 radical (unpaired) electrons. The van der Waals surface area contributed by atoms with Gasteiger partial charge in [-0.15, -0.1) is 0 Å². The molecule has 24 heavy (non-hydrogen) atoms. The van der Waals surface area contributed by atoms with E-state index in [1.165, 1.54) is 11.1 Å². The minimum absolute atomic E-state index is 0.464. The summed E-state index contributed by atoms with van der Waals surface area (Å²) in [6.07, 6.45) is 3.30. The monoisotopic (exact) mass is 319 g/mol. The highest BCUT2D eigenvalue weighted by Crippen LogP contribution is 2.41. The number of nitrogens with zero attached hydrogens (tertiary/aromatic N) is 1. The zero-order valence-electron chi connectivity index (χ0n) is 14.1. The molecule has 0 unspecified atom stereocenters. The van der Waals surface area contributed by atoms with E-state index in [1.54, 1.807) is 0 Å². The summed E-state index contributed by atoms with van der Waals surface area (Å²) in [5.41, 5.74) is 4.45. The third kappa shape index (κ3) is 2.61. The molecule has 0 bridgehead atoms. The summed E-state index contributed by atoms with van der Waals surface area (Å²) in [5.74, 6) is 1.83. The standard InChI is InChI=1S/C21H21NO2/c1-22(2)13-7-10-16-15-8-3-5-11-18(15)23-14-20-21(16)17-9-4-6-12-19(17)24-20/h3-6,8-12H,7,13-14H2,1-2H3/b16-10+. The van der Waals surface area contributed by atoms with Gasteiger partial charge in [-0.25, -0.2) is 0 Å². The van der Waals surface area contributed by atoms with E-state index < -0.39 is 0 Å². The molecule has 0 fully saturated rings. The molecule has 3 heteroatoms. The highest BCUT2D eigenvalue weighted by molar-refractivity contribution is 5.98. The van der Waals surface area contributed by atoms with Crippen molar-refractivity contribution in [2.75, 3.05) is 20.6 Å². The fraction of sp³-hybridized carbons (Fsp3) is 0.238. The minimum atomic E-state index is 0.464. The maximum atomic E-state index is 6.08. The molecule has 1 aromatic heterocycles. The number of para-hydroxylation sites is 2. The van der Waals surface area contributed by atoms with Gasteiger partial charge in [-0.3, -0.25) is 0 Å². The molecule has 1 aliphatic heterocycles. The number of benzene rings is 2. The lowest BCUT2D eigenvalue weighted by Gasteiger charge is -2.11. The third-order valence-electron chi connectivity index (χ3n) is 4.40. The van der Waals surface area contributed by atoms with Crippen LogP contribution >= 0.6 is 0 Å². The Kier molecular flexibility index (Phi) is 3.87. The second-order valence-electron chi connectivity index (χ2n) is 6.39. The molecule has 1 aliphatic rings. The number of rotatable bonds is 3. The van der Waals surface area contributed by atoms with Crippen molar-refractivity contribution < 1.29 is 9.15 Å². The molecule has 0 atom stereocenters. The topological polar surface area (TPSA) is 25.6 Å². The largest absolute Gasteiger partial charge is 0.485 e. The number of fused-ring (bicyclic) bond motifs is 4. The summed E-state index contributed by atoms with van der Waals surface area (Å²) >= 11 is 0. The Morgan fingerprint density at radius 2 is 1.83 bits per heavy atom. The van der Waals surface area contributed by atoms with Gasteiger partial charge in [-0.1, -0.05) is 42.5 Å². The van der Waals surface area contributed by atoms with Gasteiger partial charge in [0.15, 0.2) is 5.76 Å². The summed E-state index contributed by atoms with van der Waals surface area (Å²) in [5, 5.41) is 1.16. The summed E-state index contributed by atoms with van der Waals surface area (Å²) in [6.45, 7) is 1.48. The van der Waals surface area contributed by atoms with Crippen LogP contribution in [0.25, 0.3) is 16.5 Å². The van der Waals surface area contributed by atoms with Gasteiger partial charge in [0.2, 0.25) is 0 Å². The van der Waals surface area contributed by atoms with Crippen LogP contribution in [0, 0.1) is 0 Å². The van der Waals surface area contributed by atoms with Crippen molar-refractivity contribution in [3.8, 4) is 5.75 Å². The number of furan rings is 1. The van der Waals surface area contributed by atoms with E-state index in [4.69, 9.17) is 9.15 Å². The fourth-order valence-electron chi connectivity index (χ4n) is 3.27. The van der Waals surface area contributed by atoms with Gasteiger partial charge in [-0.2, -0.15) is 0 Å². The highest BCUT2D eigenvalue weighted by Gasteiger charge is 2.24. The van der Waals surface area contributed by atoms with Crippen LogP contribution in [0.4, 0.5) is 0 Å². The zero-order valence-corrected chi connectivity index (χ0v) is 14.1. The van der Waals surface area contributed by atoms with Crippen LogP contribution < -0.4 is 4.74 Å². The Bertz CT molecular complexity index is 905. The van der Waals surface area contributed by atoms with Crippen LogP contribution in [-0.4, -0.2) is 25.5 Å². The van der Waals surface area contributed by atoms with Crippen molar-refractivity contribution in [1.82, 2.24) is 4.90 Å². The maximum Gasteiger partial charge on any atom is 0.150 e. The summed E-state index contributed by atoms with van der Waals surface area (Å²) in [7, 11) is 4.20. The Labute approximate surface area is 142 Å². The van der Waals surface area contributed by atoms with E-state index in [0.29, 0.717) is 6.61 Å². The predicted octanol–water partition coefficient (Wildman–Crippen LogP) is 4.71. The summed E-state index contributed by atoms with van der Waals surface area (Å²) in [6, 6.07) is 16.5. The number of hydrogen-bond acceptors (Lipinski definition) is 3. The van der Waals surface area contributed by atoms with Crippen LogP contribution in [-0.2, 0) is 6.61 Å². The smallest absolute Gasteiger partial charge is 0.150 e. The first kappa shape index (κ1) is 15.0. The van der Waals surface area contributed by atoms with E-state index in [0.717, 1.165) is 41.0 Å². The molecule has 2 heterocycles. The second-order valence-corrected chi connectivity index (χ2v) is 6.39. The molecule has 0 saturated heterocycles. The maximum absolute atomic E-state index is 6.08. The lowest BCUT2D eigenvalue weighted by molar-refractivity contribution is 0.276. The lowest BCUT2D eigenvalue weighted by atomic mass is 9.94. The highest BCUT2D eigenvalue weighted by atomic mass is 16.5. The molecule has 3 nitrogen and oxygen atoms in total. The van der Waals surface area contributed by atoms with E-state index in [9.17, 15) is 0 Å². The lowest BCUT2D eigenvalue weighted by Crippen LogP contribution is -2.12. The first-order valence-electron chi connectivity index (χ1n) is 8.32. The predicted molar refractivity (Wildman–Crippen MR) is 97.2 cm³/mol. The fourth-order valence-corrected chi connectivity index (χ4v) is 3.27. The quantitative estimate of drug-likeness (QED) is 0.699. The van der Waals surface area contributed by atoms with Crippen molar-refractivity contribution >= 4 is 16.5 Å². The molecule has 0 spiro atoms. The van der Waals surface area contributed by atoms with E-state index >= 15 is 0 Å². The molecule has 0 amide bonds. The molecule has 0 saturated carbocycles. The van der Waals surface area contributed by atoms with E-state index in [-0.39, 0.29) is 0 Å². The SMILES string of the molecule is CN(C)CC/C=C1\c2ccccc2OCc2oc3ccccc3c21. The van der Waals surface area contributed by atoms with Crippen LogP contribution in [0.3, 0.4) is 0 Å². The average molecular weight is 319 g/mol. The van der Waals surface area contributed by atoms with Gasteiger partial charge in [0.25, 0.3) is 0 Å². The van der Waals surface area contributed by atoms with Crippen LogP contribution in [0.15, 0.2) is 59.0 Å². The Hall–Kier alpha value is -2.52. The first-order valence-corrected chi connectivity index (χ1v) is 8.32. The normalized spacial score (nSPS) is 15.2. The van der Waals surface area contributed by atoms with Gasteiger partial charge in [0, 0.05) is 23.1 Å². The van der Waals surface area contributed by atoms with Crippen LogP contribution in [0.1, 0.15) is 23.3 Å². The van der Waals surface area contributed by atoms with Crippen LogP contribution in [0.5, 0.6) is 5.75 Å². The van der Waals surface area contributed by atoms with Gasteiger partial charge in [-0.05, 0) is 38.2 Å². The van der Waals surface area contributed by atoms with Crippen molar-refractivity contribution in [1.29, 1.82) is 0 Å². The van der Waals surface area contributed by atoms with E-state index in [1.807, 2.05) is 24.3 Å². The molecule has 3 aromatic rings. The minimum Gasteiger partial charge on any atom is -0.485 e. The Morgan fingerprint density at radius 3 is 2.71 bits per heavy atom. The Morgan fingerprint density at radius 1 is 1.04 bits per heavy atom. The number of hydrogen-bond donors (Lipinski definition) is 0. The van der Waals surface area contributed by atoms with Gasteiger partial charge >= 0.3 is 0 Å². The van der Waals surface area contributed by atoms with Gasteiger partial charge in [0.05, 0.1) is 0 Å². The Balaban J connectivity index is 1.91. The van der Waals surface area contributed by atoms with Crippen molar-refractivity contribution in [2.45, 2.75) is 13.0 Å². The van der Waals surface area contributed by atoms with Crippen molar-refractivity contribution in [2.24, 2.45) is 0 Å². The average Bonchev–Trinajstić information content (AvgIpc) is 2.88. The summed E-state index contributed by atoms with van der Waals surface area (Å²) in [4.78, 5) is 2.20. The molecule has 0 aliphatic carbocycles. The third-order valence-corrected chi connectivity index (χ3v) is 4.40. The molecule has 4 rings (SSSR count). The van der Waals surface area contributed by atoms with Gasteiger partial charge in [0.1, 0.15) is 17.9 Å². The molecular formula is C21H21NO2. The van der Waals surface area contributed by atoms with Gasteiger partial charge < -0.3 is 14.1 Å². The molecular weight excluding hydrogens is 298 g/mol. The molecule has 0 N–H and O–H groups in total. The van der Waals surface area contributed by atoms with Crippen molar-refractivity contribution in [3.63, 3.8) is 0 Å². The number of ether oxygens (including phenoxy) is 1. The van der Waals surface area contributed by atoms with E-state index in [2.05, 4.69) is 49.3 Å². The molecule has 122 valence electrons.